The van der Waals surface area contributed by atoms with Crippen LogP contribution in [0.4, 0.5) is 5.69 Å². The van der Waals surface area contributed by atoms with Crippen molar-refractivity contribution in [2.24, 2.45) is 5.92 Å². The Balaban J connectivity index is 2.23. The van der Waals surface area contributed by atoms with Gasteiger partial charge in [-0.2, -0.15) is 0 Å². The number of carbonyl (C=O) groups excluding carboxylic acids is 2. The number of unbranched alkanes of at least 4 members (excludes halogenated alkanes) is 3. The average Bonchev–Trinajstić information content (AvgIpc) is 2.50. The molecule has 0 unspecified atom stereocenters. The maximum absolute atomic E-state index is 11.9. The first-order valence-electron chi connectivity index (χ1n) is 8.46. The maximum atomic E-state index is 11.9. The van der Waals surface area contributed by atoms with Gasteiger partial charge in [0.05, 0.1) is 0 Å². The fraction of sp³-hybridized carbons (Fsp3) is 0.579. The monoisotopic (exact) mass is 303 g/mol. The van der Waals surface area contributed by atoms with Crippen molar-refractivity contribution in [2.75, 3.05) is 5.32 Å². The van der Waals surface area contributed by atoms with Gasteiger partial charge in [-0.3, -0.25) is 9.59 Å². The van der Waals surface area contributed by atoms with Crippen molar-refractivity contribution in [1.29, 1.82) is 0 Å². The zero-order chi connectivity index (χ0) is 16.4. The Hall–Kier alpha value is -1.64. The molecule has 22 heavy (non-hydrogen) atoms. The second kappa shape index (κ2) is 10.1. The van der Waals surface area contributed by atoms with Crippen LogP contribution in [0.25, 0.3) is 0 Å². The number of anilines is 1. The fourth-order valence-electron chi connectivity index (χ4n) is 2.36. The molecule has 122 valence electrons. The molecule has 0 fully saturated rings. The lowest BCUT2D eigenvalue weighted by molar-refractivity contribution is -0.116. The van der Waals surface area contributed by atoms with Gasteiger partial charge in [-0.1, -0.05) is 46.5 Å². The Morgan fingerprint density at radius 3 is 2.23 bits per heavy atom. The highest BCUT2D eigenvalue weighted by molar-refractivity contribution is 5.97. The molecule has 1 aromatic carbocycles. The highest BCUT2D eigenvalue weighted by atomic mass is 16.1. The molecule has 1 N–H and O–H groups in total. The van der Waals surface area contributed by atoms with E-state index >= 15 is 0 Å². The van der Waals surface area contributed by atoms with E-state index in [-0.39, 0.29) is 11.7 Å². The van der Waals surface area contributed by atoms with Crippen molar-refractivity contribution in [1.82, 2.24) is 0 Å². The number of ketones is 1. The molecule has 0 aliphatic heterocycles. The normalized spacial score (nSPS) is 10.7. The Kier molecular flexibility index (Phi) is 8.49. The second-order valence-corrected chi connectivity index (χ2v) is 6.25. The molecule has 3 nitrogen and oxygen atoms in total. The summed E-state index contributed by atoms with van der Waals surface area (Å²) in [7, 11) is 0. The van der Waals surface area contributed by atoms with Gasteiger partial charge in [-0.25, -0.2) is 0 Å². The average molecular weight is 303 g/mol. The summed E-state index contributed by atoms with van der Waals surface area (Å²) in [6.07, 6.45) is 6.86. The molecule has 0 radical (unpaired) electrons. The van der Waals surface area contributed by atoms with E-state index in [2.05, 4.69) is 19.2 Å². The summed E-state index contributed by atoms with van der Waals surface area (Å²) in [4.78, 5) is 23.4. The summed E-state index contributed by atoms with van der Waals surface area (Å²) in [5.74, 6) is 0.948. The molecule has 3 heteroatoms. The summed E-state index contributed by atoms with van der Waals surface area (Å²) < 4.78 is 0. The minimum atomic E-state index is 0.0541. The quantitative estimate of drug-likeness (QED) is 0.476. The van der Waals surface area contributed by atoms with E-state index in [1.807, 2.05) is 6.92 Å². The van der Waals surface area contributed by atoms with Crippen LogP contribution < -0.4 is 5.32 Å². The van der Waals surface area contributed by atoms with Crippen LogP contribution in [0, 0.1) is 5.92 Å². The molecule has 0 aliphatic rings. The third kappa shape index (κ3) is 7.39. The highest BCUT2D eigenvalue weighted by Gasteiger charge is 2.05. The Bertz CT molecular complexity index is 463. The van der Waals surface area contributed by atoms with Gasteiger partial charge >= 0.3 is 0 Å². The minimum Gasteiger partial charge on any atom is -0.326 e. The predicted molar refractivity (Wildman–Crippen MR) is 92.2 cm³/mol. The van der Waals surface area contributed by atoms with Crippen molar-refractivity contribution in [3.8, 4) is 0 Å². The van der Waals surface area contributed by atoms with Crippen LogP contribution in [-0.4, -0.2) is 11.7 Å². The number of hydrogen-bond acceptors (Lipinski definition) is 2. The molecule has 1 rings (SSSR count). The number of carbonyl (C=O) groups is 2. The van der Waals surface area contributed by atoms with E-state index in [1.54, 1.807) is 24.3 Å². The molecule has 0 saturated heterocycles. The zero-order valence-corrected chi connectivity index (χ0v) is 14.2. The largest absolute Gasteiger partial charge is 0.326 e. The van der Waals surface area contributed by atoms with Crippen LogP contribution in [0.15, 0.2) is 24.3 Å². The lowest BCUT2D eigenvalue weighted by Gasteiger charge is -2.07. The highest BCUT2D eigenvalue weighted by Crippen LogP contribution is 2.13. The molecule has 0 spiro atoms. The number of benzene rings is 1. The van der Waals surface area contributed by atoms with Crippen LogP contribution >= 0.6 is 0 Å². The lowest BCUT2D eigenvalue weighted by atomic mass is 10.0. The topological polar surface area (TPSA) is 46.2 Å². The van der Waals surface area contributed by atoms with Crippen LogP contribution in [0.2, 0.25) is 0 Å². The van der Waals surface area contributed by atoms with Crippen LogP contribution in [0.5, 0.6) is 0 Å². The third-order valence-corrected chi connectivity index (χ3v) is 3.75. The summed E-state index contributed by atoms with van der Waals surface area (Å²) in [5, 5.41) is 2.88. The third-order valence-electron chi connectivity index (χ3n) is 3.75. The number of hydrogen-bond donors (Lipinski definition) is 1. The van der Waals surface area contributed by atoms with Crippen molar-refractivity contribution in [2.45, 2.75) is 65.7 Å². The molecule has 0 atom stereocenters. The summed E-state index contributed by atoms with van der Waals surface area (Å²) in [6.45, 7) is 6.33. The number of nitrogens with one attached hydrogen (secondary N) is 1. The van der Waals surface area contributed by atoms with E-state index in [0.29, 0.717) is 18.4 Å². The second-order valence-electron chi connectivity index (χ2n) is 6.25. The molecule has 0 aliphatic carbocycles. The first kappa shape index (κ1) is 18.4. The van der Waals surface area contributed by atoms with E-state index in [1.165, 1.54) is 19.3 Å². The smallest absolute Gasteiger partial charge is 0.224 e. The lowest BCUT2D eigenvalue weighted by Crippen LogP contribution is -2.11. The van der Waals surface area contributed by atoms with Gasteiger partial charge in [0.25, 0.3) is 0 Å². The first-order chi connectivity index (χ1) is 10.5. The van der Waals surface area contributed by atoms with Crippen LogP contribution in [-0.2, 0) is 4.79 Å². The first-order valence-corrected chi connectivity index (χ1v) is 8.46. The Morgan fingerprint density at radius 2 is 1.64 bits per heavy atom. The summed E-state index contributed by atoms with van der Waals surface area (Å²) in [6, 6.07) is 7.13. The Labute approximate surface area is 134 Å². The fourth-order valence-corrected chi connectivity index (χ4v) is 2.36. The van der Waals surface area contributed by atoms with E-state index in [0.717, 1.165) is 24.4 Å². The van der Waals surface area contributed by atoms with Crippen LogP contribution in [0.3, 0.4) is 0 Å². The van der Waals surface area contributed by atoms with Crippen molar-refractivity contribution >= 4 is 17.4 Å². The van der Waals surface area contributed by atoms with Gasteiger partial charge < -0.3 is 5.32 Å². The molecule has 0 bridgehead atoms. The molecular weight excluding hydrogens is 274 g/mol. The van der Waals surface area contributed by atoms with Gasteiger partial charge in [-0.15, -0.1) is 0 Å². The molecule has 0 aromatic heterocycles. The molecule has 1 aromatic rings. The van der Waals surface area contributed by atoms with E-state index < -0.39 is 0 Å². The molecular formula is C19H29NO2. The number of Topliss-reactive ketones (excluding diaryl/α,β-unsaturated/α-hetero) is 1. The number of amides is 1. The molecule has 0 heterocycles. The molecule has 0 saturated carbocycles. The van der Waals surface area contributed by atoms with Gasteiger partial charge in [0.1, 0.15) is 0 Å². The van der Waals surface area contributed by atoms with Crippen molar-refractivity contribution in [3.63, 3.8) is 0 Å². The zero-order valence-electron chi connectivity index (χ0n) is 14.2. The van der Waals surface area contributed by atoms with Crippen molar-refractivity contribution < 1.29 is 9.59 Å². The minimum absolute atomic E-state index is 0.0541. The summed E-state index contributed by atoms with van der Waals surface area (Å²) in [5.41, 5.74) is 1.46. The van der Waals surface area contributed by atoms with Gasteiger partial charge in [0.15, 0.2) is 5.78 Å². The Morgan fingerprint density at radius 1 is 1.00 bits per heavy atom. The maximum Gasteiger partial charge on any atom is 0.224 e. The SMILES string of the molecule is CCC(=O)c1ccc(NC(=O)CCCCCCC(C)C)cc1. The standard InChI is InChI=1S/C19H29NO2/c1-4-18(21)16-11-13-17(14-12-16)20-19(22)10-8-6-5-7-9-15(2)3/h11-15H,4-10H2,1-3H3,(H,20,22). The van der Waals surface area contributed by atoms with Gasteiger partial charge in [0.2, 0.25) is 5.91 Å². The predicted octanol–water partition coefficient (Wildman–Crippen LogP) is 5.21. The van der Waals surface area contributed by atoms with E-state index in [4.69, 9.17) is 0 Å². The van der Waals surface area contributed by atoms with Gasteiger partial charge in [-0.05, 0) is 36.6 Å². The van der Waals surface area contributed by atoms with Crippen LogP contribution in [0.1, 0.15) is 76.1 Å². The van der Waals surface area contributed by atoms with Crippen molar-refractivity contribution in [3.05, 3.63) is 29.8 Å². The van der Waals surface area contributed by atoms with E-state index in [9.17, 15) is 9.59 Å². The number of rotatable bonds is 10. The summed E-state index contributed by atoms with van der Waals surface area (Å²) >= 11 is 0. The van der Waals surface area contributed by atoms with Gasteiger partial charge in [0, 0.05) is 24.1 Å². The molecule has 1 amide bonds.